The highest BCUT2D eigenvalue weighted by molar-refractivity contribution is 5.12. The van der Waals surface area contributed by atoms with E-state index in [1.165, 1.54) is 11.3 Å². The molecule has 18 heavy (non-hydrogen) atoms. The van der Waals surface area contributed by atoms with Gasteiger partial charge in [0, 0.05) is 37.6 Å². The predicted octanol–water partition coefficient (Wildman–Crippen LogP) is 1.63. The van der Waals surface area contributed by atoms with Crippen molar-refractivity contribution in [3.05, 3.63) is 47.5 Å². The lowest BCUT2D eigenvalue weighted by atomic mass is 10.0. The molecule has 0 aliphatic carbocycles. The average Bonchev–Trinajstić information content (AvgIpc) is 2.67. The molecule has 0 amide bonds. The van der Waals surface area contributed by atoms with Crippen LogP contribution in [-0.4, -0.2) is 20.8 Å². The second-order valence-corrected chi connectivity index (χ2v) is 4.76. The number of nitrogens with zero attached hydrogens (tertiary/aromatic N) is 3. The molecule has 0 radical (unpaired) electrons. The number of hydrogen-bond donors (Lipinski definition) is 1. The van der Waals surface area contributed by atoms with Gasteiger partial charge in [-0.1, -0.05) is 0 Å². The van der Waals surface area contributed by atoms with Crippen LogP contribution in [0.1, 0.15) is 23.4 Å². The first-order chi connectivity index (χ1) is 8.65. The minimum Gasteiger partial charge on any atom is -0.327 e. The zero-order valence-electron chi connectivity index (χ0n) is 11.0. The standard InChI is InChI=1S/C14H20N4/c1-11-9-14(18(2)17-11)10-13(15)4-3-12-5-7-16-8-6-12/h5-9,13H,3-4,10,15H2,1-2H3. The molecule has 2 heterocycles. The second-order valence-electron chi connectivity index (χ2n) is 4.76. The van der Waals surface area contributed by atoms with E-state index in [9.17, 15) is 0 Å². The van der Waals surface area contributed by atoms with Crippen molar-refractivity contribution >= 4 is 0 Å². The molecule has 0 aromatic carbocycles. The van der Waals surface area contributed by atoms with Crippen LogP contribution in [0.25, 0.3) is 0 Å². The van der Waals surface area contributed by atoms with Crippen LogP contribution in [-0.2, 0) is 19.9 Å². The Hall–Kier alpha value is -1.68. The maximum absolute atomic E-state index is 6.17. The Kier molecular flexibility index (Phi) is 4.10. The highest BCUT2D eigenvalue weighted by Gasteiger charge is 2.08. The Bertz CT molecular complexity index is 490. The van der Waals surface area contributed by atoms with Crippen molar-refractivity contribution < 1.29 is 0 Å². The van der Waals surface area contributed by atoms with Crippen LogP contribution in [0.15, 0.2) is 30.6 Å². The predicted molar refractivity (Wildman–Crippen MR) is 72.2 cm³/mol. The molecule has 2 N–H and O–H groups in total. The summed E-state index contributed by atoms with van der Waals surface area (Å²) in [4.78, 5) is 4.01. The second kappa shape index (κ2) is 5.78. The number of aryl methyl sites for hydroxylation is 3. The van der Waals surface area contributed by atoms with Crippen LogP contribution in [0.5, 0.6) is 0 Å². The summed E-state index contributed by atoms with van der Waals surface area (Å²) in [6.07, 6.45) is 6.51. The summed E-state index contributed by atoms with van der Waals surface area (Å²) in [5.41, 5.74) is 9.72. The summed E-state index contributed by atoms with van der Waals surface area (Å²) in [5.74, 6) is 0. The van der Waals surface area contributed by atoms with Crippen LogP contribution in [0.4, 0.5) is 0 Å². The van der Waals surface area contributed by atoms with E-state index in [1.54, 1.807) is 0 Å². The number of aromatic nitrogens is 3. The Morgan fingerprint density at radius 1 is 1.33 bits per heavy atom. The van der Waals surface area contributed by atoms with Gasteiger partial charge in [0.25, 0.3) is 0 Å². The van der Waals surface area contributed by atoms with Crippen molar-refractivity contribution in [1.82, 2.24) is 14.8 Å². The summed E-state index contributed by atoms with van der Waals surface area (Å²) in [7, 11) is 1.97. The number of nitrogens with two attached hydrogens (primary N) is 1. The van der Waals surface area contributed by atoms with Gasteiger partial charge in [0.1, 0.15) is 0 Å². The first kappa shape index (κ1) is 12.8. The summed E-state index contributed by atoms with van der Waals surface area (Å²) in [6, 6.07) is 6.36. The molecule has 0 bridgehead atoms. The van der Waals surface area contributed by atoms with E-state index < -0.39 is 0 Å². The quantitative estimate of drug-likeness (QED) is 0.869. The van der Waals surface area contributed by atoms with E-state index in [1.807, 2.05) is 43.2 Å². The molecule has 1 unspecified atom stereocenters. The molecule has 1 atom stereocenters. The number of hydrogen-bond acceptors (Lipinski definition) is 3. The fraction of sp³-hybridized carbons (Fsp3) is 0.429. The number of pyridine rings is 1. The van der Waals surface area contributed by atoms with E-state index >= 15 is 0 Å². The molecule has 0 aliphatic heterocycles. The summed E-state index contributed by atoms with van der Waals surface area (Å²) in [5, 5.41) is 4.34. The Morgan fingerprint density at radius 3 is 2.67 bits per heavy atom. The molecule has 4 heteroatoms. The highest BCUT2D eigenvalue weighted by Crippen LogP contribution is 2.09. The smallest absolute Gasteiger partial charge is 0.0596 e. The van der Waals surface area contributed by atoms with E-state index in [0.29, 0.717) is 0 Å². The van der Waals surface area contributed by atoms with Gasteiger partial charge in [0.05, 0.1) is 5.69 Å². The largest absolute Gasteiger partial charge is 0.327 e. The molecule has 0 aliphatic rings. The lowest BCUT2D eigenvalue weighted by Crippen LogP contribution is -2.24. The van der Waals surface area contributed by atoms with Crippen molar-refractivity contribution in [1.29, 1.82) is 0 Å². The molecule has 0 fully saturated rings. The molecule has 0 saturated carbocycles. The Balaban J connectivity index is 1.86. The van der Waals surface area contributed by atoms with Gasteiger partial charge in [-0.2, -0.15) is 5.10 Å². The fourth-order valence-corrected chi connectivity index (χ4v) is 2.13. The Morgan fingerprint density at radius 2 is 2.06 bits per heavy atom. The summed E-state index contributed by atoms with van der Waals surface area (Å²) >= 11 is 0. The minimum atomic E-state index is 0.174. The third-order valence-electron chi connectivity index (χ3n) is 3.12. The van der Waals surface area contributed by atoms with Crippen LogP contribution >= 0.6 is 0 Å². The summed E-state index contributed by atoms with van der Waals surface area (Å²) < 4.78 is 1.92. The molecule has 4 nitrogen and oxygen atoms in total. The maximum atomic E-state index is 6.17. The molecule has 2 rings (SSSR count). The molecule has 96 valence electrons. The van der Waals surface area contributed by atoms with Gasteiger partial charge in [-0.15, -0.1) is 0 Å². The first-order valence-corrected chi connectivity index (χ1v) is 6.29. The third kappa shape index (κ3) is 3.40. The third-order valence-corrected chi connectivity index (χ3v) is 3.12. The summed E-state index contributed by atoms with van der Waals surface area (Å²) in [6.45, 7) is 2.01. The van der Waals surface area contributed by atoms with Crippen molar-refractivity contribution in [2.75, 3.05) is 0 Å². The van der Waals surface area contributed by atoms with E-state index in [0.717, 1.165) is 25.0 Å². The van der Waals surface area contributed by atoms with Gasteiger partial charge in [0.2, 0.25) is 0 Å². The van der Waals surface area contributed by atoms with Crippen LogP contribution in [0, 0.1) is 6.92 Å². The number of rotatable bonds is 5. The molecule has 2 aromatic heterocycles. The van der Waals surface area contributed by atoms with Crippen molar-refractivity contribution in [2.45, 2.75) is 32.2 Å². The van der Waals surface area contributed by atoms with Gasteiger partial charge in [-0.25, -0.2) is 0 Å². The van der Waals surface area contributed by atoms with Crippen molar-refractivity contribution in [3.8, 4) is 0 Å². The van der Waals surface area contributed by atoms with Gasteiger partial charge in [-0.05, 0) is 43.5 Å². The van der Waals surface area contributed by atoms with Crippen LogP contribution in [0.3, 0.4) is 0 Å². The van der Waals surface area contributed by atoms with Gasteiger partial charge >= 0.3 is 0 Å². The minimum absolute atomic E-state index is 0.174. The maximum Gasteiger partial charge on any atom is 0.0596 e. The van der Waals surface area contributed by atoms with E-state index in [-0.39, 0.29) is 6.04 Å². The molecular formula is C14H20N4. The van der Waals surface area contributed by atoms with Gasteiger partial charge in [0.15, 0.2) is 0 Å². The molecule has 0 spiro atoms. The zero-order valence-corrected chi connectivity index (χ0v) is 11.0. The normalized spacial score (nSPS) is 12.6. The molecule has 0 saturated heterocycles. The average molecular weight is 244 g/mol. The fourth-order valence-electron chi connectivity index (χ4n) is 2.13. The lowest BCUT2D eigenvalue weighted by Gasteiger charge is -2.11. The SMILES string of the molecule is Cc1cc(CC(N)CCc2ccncc2)n(C)n1. The monoisotopic (exact) mass is 244 g/mol. The van der Waals surface area contributed by atoms with Crippen molar-refractivity contribution in [2.24, 2.45) is 12.8 Å². The topological polar surface area (TPSA) is 56.7 Å². The van der Waals surface area contributed by atoms with E-state index in [4.69, 9.17) is 5.73 Å². The Labute approximate surface area is 108 Å². The molecular weight excluding hydrogens is 224 g/mol. The highest BCUT2D eigenvalue weighted by atomic mass is 15.3. The van der Waals surface area contributed by atoms with Crippen LogP contribution < -0.4 is 5.73 Å². The van der Waals surface area contributed by atoms with Crippen LogP contribution in [0.2, 0.25) is 0 Å². The van der Waals surface area contributed by atoms with E-state index in [2.05, 4.69) is 16.1 Å². The molecule has 2 aromatic rings. The zero-order chi connectivity index (χ0) is 13.0. The van der Waals surface area contributed by atoms with Gasteiger partial charge < -0.3 is 5.73 Å². The lowest BCUT2D eigenvalue weighted by molar-refractivity contribution is 0.578. The van der Waals surface area contributed by atoms with Gasteiger partial charge in [-0.3, -0.25) is 9.67 Å². The van der Waals surface area contributed by atoms with Crippen molar-refractivity contribution in [3.63, 3.8) is 0 Å². The first-order valence-electron chi connectivity index (χ1n) is 6.29.